The Kier molecular flexibility index (Phi) is 7.09. The van der Waals surface area contributed by atoms with Crippen molar-refractivity contribution in [3.8, 4) is 6.07 Å². The van der Waals surface area contributed by atoms with Gasteiger partial charge in [-0.1, -0.05) is 59.1 Å². The first-order chi connectivity index (χ1) is 14.9. The monoisotopic (exact) mass is 449 g/mol. The SMILES string of the molecule is Cc1ccc(C(=O)Nc2cccc(/C=C(\C#N)C(=O)Nc3cccc(Cl)c3Cl)c2)cc1. The van der Waals surface area contributed by atoms with Gasteiger partial charge in [-0.05, 0) is 55.0 Å². The molecule has 0 bridgehead atoms. The van der Waals surface area contributed by atoms with Crippen molar-refractivity contribution in [2.75, 3.05) is 10.6 Å². The molecule has 2 amide bonds. The van der Waals surface area contributed by atoms with E-state index in [1.165, 1.54) is 6.08 Å². The van der Waals surface area contributed by atoms with E-state index in [0.717, 1.165) is 5.56 Å². The normalized spacial score (nSPS) is 10.8. The highest BCUT2D eigenvalue weighted by molar-refractivity contribution is 6.44. The van der Waals surface area contributed by atoms with Gasteiger partial charge in [0.15, 0.2) is 0 Å². The molecule has 0 saturated carbocycles. The molecule has 0 aliphatic rings. The lowest BCUT2D eigenvalue weighted by atomic mass is 10.1. The number of nitriles is 1. The largest absolute Gasteiger partial charge is 0.322 e. The first kappa shape index (κ1) is 22.1. The molecular weight excluding hydrogens is 433 g/mol. The van der Waals surface area contributed by atoms with Crippen LogP contribution in [0, 0.1) is 18.3 Å². The summed E-state index contributed by atoms with van der Waals surface area (Å²) in [7, 11) is 0. The molecule has 5 nitrogen and oxygen atoms in total. The summed E-state index contributed by atoms with van der Waals surface area (Å²) in [6.45, 7) is 1.95. The first-order valence-corrected chi connectivity index (χ1v) is 9.98. The Morgan fingerprint density at radius 3 is 2.39 bits per heavy atom. The third kappa shape index (κ3) is 5.73. The van der Waals surface area contributed by atoms with Crippen LogP contribution in [0.5, 0.6) is 0 Å². The lowest BCUT2D eigenvalue weighted by Crippen LogP contribution is -2.14. The van der Waals surface area contributed by atoms with Gasteiger partial charge in [-0.2, -0.15) is 5.26 Å². The van der Waals surface area contributed by atoms with Crippen molar-refractivity contribution in [1.29, 1.82) is 5.26 Å². The van der Waals surface area contributed by atoms with Crippen molar-refractivity contribution in [1.82, 2.24) is 0 Å². The smallest absolute Gasteiger partial charge is 0.266 e. The summed E-state index contributed by atoms with van der Waals surface area (Å²) in [6, 6.07) is 20.7. The Balaban J connectivity index is 1.77. The van der Waals surface area contributed by atoms with E-state index in [-0.39, 0.29) is 16.5 Å². The highest BCUT2D eigenvalue weighted by Crippen LogP contribution is 2.29. The fourth-order valence-electron chi connectivity index (χ4n) is 2.72. The Bertz CT molecular complexity index is 1210. The number of carbonyl (C=O) groups is 2. The summed E-state index contributed by atoms with van der Waals surface area (Å²) < 4.78 is 0. The van der Waals surface area contributed by atoms with Gasteiger partial charge in [0, 0.05) is 11.3 Å². The Hall–Kier alpha value is -3.59. The summed E-state index contributed by atoms with van der Waals surface area (Å²) in [5.74, 6) is -0.879. The molecule has 3 aromatic rings. The van der Waals surface area contributed by atoms with Crippen LogP contribution in [-0.4, -0.2) is 11.8 Å². The highest BCUT2D eigenvalue weighted by atomic mass is 35.5. The van der Waals surface area contributed by atoms with E-state index >= 15 is 0 Å². The second-order valence-electron chi connectivity index (χ2n) is 6.67. The molecular formula is C24H17Cl2N3O2. The Morgan fingerprint density at radius 2 is 1.68 bits per heavy atom. The topological polar surface area (TPSA) is 82.0 Å². The lowest BCUT2D eigenvalue weighted by molar-refractivity contribution is -0.112. The second-order valence-corrected chi connectivity index (χ2v) is 7.46. The van der Waals surface area contributed by atoms with Gasteiger partial charge in [0.1, 0.15) is 11.6 Å². The Labute approximate surface area is 189 Å². The van der Waals surface area contributed by atoms with Crippen LogP contribution in [0.3, 0.4) is 0 Å². The maximum Gasteiger partial charge on any atom is 0.266 e. The average molecular weight is 450 g/mol. The van der Waals surface area contributed by atoms with Crippen molar-refractivity contribution in [2.45, 2.75) is 6.92 Å². The molecule has 0 unspecified atom stereocenters. The minimum Gasteiger partial charge on any atom is -0.322 e. The number of rotatable bonds is 5. The van der Waals surface area contributed by atoms with Crippen molar-refractivity contribution < 1.29 is 9.59 Å². The van der Waals surface area contributed by atoms with E-state index in [4.69, 9.17) is 23.2 Å². The van der Waals surface area contributed by atoms with E-state index in [0.29, 0.717) is 27.5 Å². The van der Waals surface area contributed by atoms with Crippen LogP contribution in [0.2, 0.25) is 10.0 Å². The van der Waals surface area contributed by atoms with Crippen LogP contribution in [0.1, 0.15) is 21.5 Å². The molecule has 0 aliphatic heterocycles. The maximum atomic E-state index is 12.5. The molecule has 3 rings (SSSR count). The number of nitrogens with one attached hydrogen (secondary N) is 2. The molecule has 0 aliphatic carbocycles. The fourth-order valence-corrected chi connectivity index (χ4v) is 3.07. The summed E-state index contributed by atoms with van der Waals surface area (Å²) in [5.41, 5.74) is 2.88. The zero-order chi connectivity index (χ0) is 22.4. The Morgan fingerprint density at radius 1 is 0.968 bits per heavy atom. The number of benzene rings is 3. The van der Waals surface area contributed by atoms with E-state index in [1.54, 1.807) is 54.6 Å². The molecule has 31 heavy (non-hydrogen) atoms. The standard InChI is InChI=1S/C24H17Cl2N3O2/c1-15-8-10-17(11-9-15)23(30)28-19-5-2-4-16(13-19)12-18(14-27)24(31)29-21-7-3-6-20(25)22(21)26/h2-13H,1H3,(H,28,30)(H,29,31)/b18-12+. The number of anilines is 2. The zero-order valence-corrected chi connectivity index (χ0v) is 18.0. The van der Waals surface area contributed by atoms with Gasteiger partial charge in [0.2, 0.25) is 0 Å². The molecule has 0 atom stereocenters. The van der Waals surface area contributed by atoms with E-state index < -0.39 is 5.91 Å². The molecule has 0 radical (unpaired) electrons. The number of carbonyl (C=O) groups excluding carboxylic acids is 2. The minimum absolute atomic E-state index is 0.127. The number of halogens is 2. The van der Waals surface area contributed by atoms with Crippen molar-refractivity contribution in [3.05, 3.63) is 99.0 Å². The number of amides is 2. The van der Waals surface area contributed by atoms with Crippen molar-refractivity contribution in [2.24, 2.45) is 0 Å². The van der Waals surface area contributed by atoms with E-state index in [1.807, 2.05) is 25.1 Å². The van der Waals surface area contributed by atoms with Gasteiger partial charge in [-0.25, -0.2) is 0 Å². The maximum absolute atomic E-state index is 12.5. The molecule has 2 N–H and O–H groups in total. The molecule has 7 heteroatoms. The number of aryl methyl sites for hydroxylation is 1. The molecule has 0 spiro atoms. The van der Waals surface area contributed by atoms with Gasteiger partial charge in [0.25, 0.3) is 11.8 Å². The number of nitrogens with zero attached hydrogens (tertiary/aromatic N) is 1. The lowest BCUT2D eigenvalue weighted by Gasteiger charge is -2.08. The van der Waals surface area contributed by atoms with Crippen LogP contribution in [-0.2, 0) is 4.79 Å². The van der Waals surface area contributed by atoms with Gasteiger partial charge in [0.05, 0.1) is 15.7 Å². The summed E-state index contributed by atoms with van der Waals surface area (Å²) in [5, 5.41) is 15.3. The molecule has 0 heterocycles. The zero-order valence-electron chi connectivity index (χ0n) is 16.4. The van der Waals surface area contributed by atoms with E-state index in [9.17, 15) is 14.9 Å². The van der Waals surface area contributed by atoms with Crippen LogP contribution in [0.25, 0.3) is 6.08 Å². The summed E-state index contributed by atoms with van der Waals surface area (Å²) in [4.78, 5) is 24.9. The van der Waals surface area contributed by atoms with Gasteiger partial charge in [-0.15, -0.1) is 0 Å². The predicted octanol–water partition coefficient (Wildman–Crippen LogP) is 6.10. The van der Waals surface area contributed by atoms with Crippen molar-refractivity contribution >= 4 is 52.5 Å². The molecule has 0 saturated heterocycles. The average Bonchev–Trinajstić information content (AvgIpc) is 2.76. The van der Waals surface area contributed by atoms with Gasteiger partial charge < -0.3 is 10.6 Å². The van der Waals surface area contributed by atoms with E-state index in [2.05, 4.69) is 10.6 Å². The first-order valence-electron chi connectivity index (χ1n) is 9.22. The van der Waals surface area contributed by atoms with Crippen LogP contribution < -0.4 is 10.6 Å². The second kappa shape index (κ2) is 9.94. The number of hydrogen-bond acceptors (Lipinski definition) is 3. The van der Waals surface area contributed by atoms with Crippen LogP contribution >= 0.6 is 23.2 Å². The third-order valence-electron chi connectivity index (χ3n) is 4.33. The van der Waals surface area contributed by atoms with Gasteiger partial charge in [-0.3, -0.25) is 9.59 Å². The summed E-state index contributed by atoms with van der Waals surface area (Å²) >= 11 is 12.0. The quantitative estimate of drug-likeness (QED) is 0.364. The molecule has 0 aromatic heterocycles. The molecule has 3 aromatic carbocycles. The fraction of sp³-hybridized carbons (Fsp3) is 0.0417. The summed E-state index contributed by atoms with van der Waals surface area (Å²) in [6.07, 6.45) is 1.43. The number of hydrogen-bond donors (Lipinski definition) is 2. The van der Waals surface area contributed by atoms with Crippen molar-refractivity contribution in [3.63, 3.8) is 0 Å². The highest BCUT2D eigenvalue weighted by Gasteiger charge is 2.13. The minimum atomic E-state index is -0.624. The van der Waals surface area contributed by atoms with Crippen LogP contribution in [0.15, 0.2) is 72.3 Å². The van der Waals surface area contributed by atoms with Crippen LogP contribution in [0.4, 0.5) is 11.4 Å². The van der Waals surface area contributed by atoms with Gasteiger partial charge >= 0.3 is 0 Å². The predicted molar refractivity (Wildman–Crippen MR) is 124 cm³/mol. The molecule has 154 valence electrons. The third-order valence-corrected chi connectivity index (χ3v) is 5.15. The molecule has 0 fully saturated rings.